The van der Waals surface area contributed by atoms with E-state index in [4.69, 9.17) is 16.3 Å². The topological polar surface area (TPSA) is 9.23 Å². The van der Waals surface area contributed by atoms with Crippen molar-refractivity contribution in [3.8, 4) is 0 Å². The third-order valence-corrected chi connectivity index (χ3v) is 3.93. The van der Waals surface area contributed by atoms with Crippen LogP contribution in [0.15, 0.2) is 29.2 Å². The van der Waals surface area contributed by atoms with E-state index in [1.165, 1.54) is 10.5 Å². The van der Waals surface area contributed by atoms with Crippen molar-refractivity contribution in [3.63, 3.8) is 0 Å². The first-order valence-electron chi connectivity index (χ1n) is 5.40. The van der Waals surface area contributed by atoms with E-state index in [1.54, 1.807) is 7.11 Å². The van der Waals surface area contributed by atoms with E-state index in [2.05, 4.69) is 38.1 Å². The largest absolute Gasteiger partial charge is 0.379 e. The van der Waals surface area contributed by atoms with Crippen LogP contribution >= 0.6 is 23.4 Å². The van der Waals surface area contributed by atoms with Crippen LogP contribution in [0.5, 0.6) is 0 Å². The summed E-state index contributed by atoms with van der Waals surface area (Å²) < 4.78 is 5.38. The number of hydrogen-bond donors (Lipinski definition) is 0. The summed E-state index contributed by atoms with van der Waals surface area (Å²) in [6, 6.07) is 8.41. The Morgan fingerprint density at radius 1 is 1.25 bits per heavy atom. The van der Waals surface area contributed by atoms with E-state index < -0.39 is 0 Å². The highest BCUT2D eigenvalue weighted by Gasteiger charge is 2.15. The zero-order valence-corrected chi connectivity index (χ0v) is 11.7. The smallest absolute Gasteiger partial charge is 0.0630 e. The summed E-state index contributed by atoms with van der Waals surface area (Å²) >= 11 is 7.60. The van der Waals surface area contributed by atoms with E-state index >= 15 is 0 Å². The number of halogens is 1. The normalized spacial score (nSPS) is 11.8. The van der Waals surface area contributed by atoms with Crippen LogP contribution in [0.25, 0.3) is 0 Å². The van der Waals surface area contributed by atoms with E-state index in [0.29, 0.717) is 5.88 Å². The first-order chi connectivity index (χ1) is 7.57. The predicted octanol–water partition coefficient (Wildman–Crippen LogP) is 4.33. The second-order valence-corrected chi connectivity index (χ2v) is 5.78. The van der Waals surface area contributed by atoms with Gasteiger partial charge in [0.1, 0.15) is 0 Å². The maximum atomic E-state index is 5.74. The standard InChI is InChI=1S/C13H19ClOS/c1-13(2,15-3)8-9-16-12-6-4-11(10-14)5-7-12/h4-7H,8-10H2,1-3H3. The lowest BCUT2D eigenvalue weighted by atomic mass is 10.1. The molecule has 0 fully saturated rings. The summed E-state index contributed by atoms with van der Waals surface area (Å²) in [4.78, 5) is 1.29. The number of thioether (sulfide) groups is 1. The van der Waals surface area contributed by atoms with Crippen LogP contribution in [0, 0.1) is 0 Å². The minimum atomic E-state index is -0.0247. The third kappa shape index (κ3) is 4.77. The number of rotatable bonds is 6. The number of hydrogen-bond acceptors (Lipinski definition) is 2. The van der Waals surface area contributed by atoms with E-state index in [-0.39, 0.29) is 5.60 Å². The molecule has 0 heterocycles. The molecule has 0 saturated carbocycles. The zero-order valence-electron chi connectivity index (χ0n) is 10.1. The van der Waals surface area contributed by atoms with Gasteiger partial charge in [-0.1, -0.05) is 12.1 Å². The summed E-state index contributed by atoms with van der Waals surface area (Å²) in [5.74, 6) is 1.66. The van der Waals surface area contributed by atoms with Gasteiger partial charge in [-0.2, -0.15) is 0 Å². The highest BCUT2D eigenvalue weighted by Crippen LogP contribution is 2.23. The zero-order chi connectivity index (χ0) is 12.0. The van der Waals surface area contributed by atoms with Gasteiger partial charge in [-0.3, -0.25) is 0 Å². The molecule has 0 aliphatic carbocycles. The molecule has 0 amide bonds. The fraction of sp³-hybridized carbons (Fsp3) is 0.538. The number of benzene rings is 1. The highest BCUT2D eigenvalue weighted by molar-refractivity contribution is 7.99. The maximum Gasteiger partial charge on any atom is 0.0630 e. The minimum absolute atomic E-state index is 0.0247. The van der Waals surface area contributed by atoms with Crippen molar-refractivity contribution in [1.82, 2.24) is 0 Å². The molecular formula is C13H19ClOS. The van der Waals surface area contributed by atoms with Gasteiger partial charge in [-0.15, -0.1) is 23.4 Å². The lowest BCUT2D eigenvalue weighted by Crippen LogP contribution is -2.22. The van der Waals surface area contributed by atoms with Crippen molar-refractivity contribution >= 4 is 23.4 Å². The molecule has 1 aromatic carbocycles. The van der Waals surface area contributed by atoms with Gasteiger partial charge in [0.25, 0.3) is 0 Å². The molecule has 0 unspecified atom stereocenters. The maximum absolute atomic E-state index is 5.74. The highest BCUT2D eigenvalue weighted by atomic mass is 35.5. The fourth-order valence-corrected chi connectivity index (χ4v) is 2.53. The van der Waals surface area contributed by atoms with Crippen molar-refractivity contribution in [1.29, 1.82) is 0 Å². The summed E-state index contributed by atoms with van der Waals surface area (Å²) in [7, 11) is 1.76. The number of methoxy groups -OCH3 is 1. The lowest BCUT2D eigenvalue weighted by molar-refractivity contribution is 0.0207. The average molecular weight is 259 g/mol. The molecule has 1 nitrogen and oxygen atoms in total. The van der Waals surface area contributed by atoms with Gasteiger partial charge >= 0.3 is 0 Å². The first-order valence-corrected chi connectivity index (χ1v) is 6.92. The van der Waals surface area contributed by atoms with E-state index in [9.17, 15) is 0 Å². The van der Waals surface area contributed by atoms with Crippen molar-refractivity contribution in [2.75, 3.05) is 12.9 Å². The molecule has 3 heteroatoms. The van der Waals surface area contributed by atoms with Crippen LogP contribution in [0.4, 0.5) is 0 Å². The van der Waals surface area contributed by atoms with E-state index in [0.717, 1.165) is 12.2 Å². The van der Waals surface area contributed by atoms with Gasteiger partial charge in [0.2, 0.25) is 0 Å². The summed E-state index contributed by atoms with van der Waals surface area (Å²) in [6.07, 6.45) is 1.05. The second-order valence-electron chi connectivity index (χ2n) is 4.34. The molecular weight excluding hydrogens is 240 g/mol. The Bertz CT molecular complexity index is 308. The average Bonchev–Trinajstić information content (AvgIpc) is 2.30. The number of alkyl halides is 1. The Morgan fingerprint density at radius 2 is 1.88 bits per heavy atom. The van der Waals surface area contributed by atoms with Crippen LogP contribution in [-0.4, -0.2) is 18.5 Å². The molecule has 0 saturated heterocycles. The molecule has 90 valence electrons. The molecule has 0 atom stereocenters. The SMILES string of the molecule is COC(C)(C)CCSc1ccc(CCl)cc1. The van der Waals surface area contributed by atoms with Gasteiger partial charge in [-0.05, 0) is 38.0 Å². The van der Waals surface area contributed by atoms with Gasteiger partial charge in [-0.25, -0.2) is 0 Å². The van der Waals surface area contributed by atoms with Gasteiger partial charge in [0.15, 0.2) is 0 Å². The van der Waals surface area contributed by atoms with Crippen molar-refractivity contribution in [3.05, 3.63) is 29.8 Å². The summed E-state index contributed by atoms with van der Waals surface area (Å²) in [6.45, 7) is 4.23. The first kappa shape index (κ1) is 13.9. The molecule has 1 rings (SSSR count). The van der Waals surface area contributed by atoms with Crippen molar-refractivity contribution in [2.45, 2.75) is 36.6 Å². The van der Waals surface area contributed by atoms with Gasteiger partial charge < -0.3 is 4.74 Å². The minimum Gasteiger partial charge on any atom is -0.379 e. The number of ether oxygens (including phenoxy) is 1. The van der Waals surface area contributed by atoms with Crippen molar-refractivity contribution in [2.24, 2.45) is 0 Å². The molecule has 16 heavy (non-hydrogen) atoms. The molecule has 0 bridgehead atoms. The summed E-state index contributed by atoms with van der Waals surface area (Å²) in [5, 5.41) is 0. The Morgan fingerprint density at radius 3 is 2.38 bits per heavy atom. The second kappa shape index (κ2) is 6.53. The Balaban J connectivity index is 2.37. The van der Waals surface area contributed by atoms with Crippen LogP contribution in [0.1, 0.15) is 25.8 Å². The molecule has 0 aliphatic heterocycles. The van der Waals surface area contributed by atoms with Crippen LogP contribution in [0.2, 0.25) is 0 Å². The van der Waals surface area contributed by atoms with E-state index in [1.807, 2.05) is 11.8 Å². The Hall–Kier alpha value is -0.180. The third-order valence-electron chi connectivity index (χ3n) is 2.60. The van der Waals surface area contributed by atoms with Gasteiger partial charge in [0, 0.05) is 23.6 Å². The Kier molecular flexibility index (Phi) is 5.67. The monoisotopic (exact) mass is 258 g/mol. The molecule has 0 aliphatic rings. The molecule has 1 aromatic rings. The fourth-order valence-electron chi connectivity index (χ4n) is 1.19. The van der Waals surface area contributed by atoms with Crippen LogP contribution in [0.3, 0.4) is 0 Å². The molecule has 0 N–H and O–H groups in total. The quantitative estimate of drug-likeness (QED) is 0.555. The molecule has 0 aromatic heterocycles. The lowest BCUT2D eigenvalue weighted by Gasteiger charge is -2.22. The van der Waals surface area contributed by atoms with Gasteiger partial charge in [0.05, 0.1) is 5.60 Å². The predicted molar refractivity (Wildman–Crippen MR) is 72.4 cm³/mol. The Labute approximate surface area is 108 Å². The van der Waals surface area contributed by atoms with Crippen molar-refractivity contribution < 1.29 is 4.74 Å². The van der Waals surface area contributed by atoms with Crippen LogP contribution in [-0.2, 0) is 10.6 Å². The molecule has 0 radical (unpaired) electrons. The summed E-state index contributed by atoms with van der Waals surface area (Å²) in [5.41, 5.74) is 1.14. The van der Waals surface area contributed by atoms with Crippen LogP contribution < -0.4 is 0 Å². The molecule has 0 spiro atoms.